The second-order valence-electron chi connectivity index (χ2n) is 3.53. The molecule has 0 spiro atoms. The Labute approximate surface area is 109 Å². The predicted molar refractivity (Wildman–Crippen MR) is 70.7 cm³/mol. The Morgan fingerprint density at radius 2 is 2.29 bits per heavy atom. The number of halogens is 1. The minimum atomic E-state index is 0.723. The van der Waals surface area contributed by atoms with E-state index in [1.54, 1.807) is 18.4 Å². The molecule has 1 aromatic carbocycles. The van der Waals surface area contributed by atoms with Gasteiger partial charge < -0.3 is 10.1 Å². The van der Waals surface area contributed by atoms with Crippen LogP contribution in [-0.4, -0.2) is 12.1 Å². The fourth-order valence-corrected chi connectivity index (χ4v) is 2.29. The number of hydrogen-bond donors (Lipinski definition) is 1. The Kier molecular flexibility index (Phi) is 4.36. The van der Waals surface area contributed by atoms with Crippen LogP contribution in [-0.2, 0) is 13.1 Å². The van der Waals surface area contributed by atoms with Crippen LogP contribution in [0, 0.1) is 0 Å². The van der Waals surface area contributed by atoms with E-state index >= 15 is 0 Å². The van der Waals surface area contributed by atoms with Gasteiger partial charge >= 0.3 is 0 Å². The zero-order valence-electron chi connectivity index (χ0n) is 9.44. The Balaban J connectivity index is 1.96. The van der Waals surface area contributed by atoms with Gasteiger partial charge in [-0.05, 0) is 18.2 Å². The van der Waals surface area contributed by atoms with Gasteiger partial charge in [0.05, 0.1) is 12.6 Å². The maximum absolute atomic E-state index is 5.96. The molecule has 0 atom stereocenters. The Morgan fingerprint density at radius 3 is 3.00 bits per heavy atom. The normalized spacial score (nSPS) is 10.5. The third kappa shape index (κ3) is 3.43. The van der Waals surface area contributed by atoms with Crippen molar-refractivity contribution in [2.45, 2.75) is 13.1 Å². The van der Waals surface area contributed by atoms with Crippen molar-refractivity contribution in [3.63, 3.8) is 0 Å². The fraction of sp³-hybridized carbons (Fsp3) is 0.250. The van der Waals surface area contributed by atoms with Gasteiger partial charge in [-0.3, -0.25) is 4.98 Å². The van der Waals surface area contributed by atoms with Crippen LogP contribution in [0.3, 0.4) is 0 Å². The van der Waals surface area contributed by atoms with Crippen molar-refractivity contribution in [2.24, 2.45) is 0 Å². The van der Waals surface area contributed by atoms with Crippen LogP contribution in [0.5, 0.6) is 5.75 Å². The Morgan fingerprint density at radius 1 is 1.41 bits per heavy atom. The first kappa shape index (κ1) is 12.4. The van der Waals surface area contributed by atoms with Gasteiger partial charge in [-0.15, -0.1) is 11.3 Å². The van der Waals surface area contributed by atoms with Crippen molar-refractivity contribution in [3.8, 4) is 5.75 Å². The summed E-state index contributed by atoms with van der Waals surface area (Å²) in [5.41, 5.74) is 2.89. The molecule has 0 aliphatic carbocycles. The average Bonchev–Trinajstić information content (AvgIpc) is 2.82. The summed E-state index contributed by atoms with van der Waals surface area (Å²) >= 11 is 7.60. The topological polar surface area (TPSA) is 34.1 Å². The van der Waals surface area contributed by atoms with Crippen LogP contribution in [0.25, 0.3) is 0 Å². The fourth-order valence-electron chi connectivity index (χ4n) is 1.54. The minimum absolute atomic E-state index is 0.723. The van der Waals surface area contributed by atoms with Crippen molar-refractivity contribution in [1.82, 2.24) is 10.3 Å². The van der Waals surface area contributed by atoms with E-state index in [-0.39, 0.29) is 0 Å². The lowest BCUT2D eigenvalue weighted by Gasteiger charge is -2.09. The molecule has 1 N–H and O–H groups in total. The first-order chi connectivity index (χ1) is 8.29. The largest absolute Gasteiger partial charge is 0.496 e. The van der Waals surface area contributed by atoms with E-state index in [0.717, 1.165) is 29.4 Å². The molecule has 0 aliphatic heterocycles. The molecule has 2 aromatic rings. The van der Waals surface area contributed by atoms with Gasteiger partial charge in [0.2, 0.25) is 0 Å². The maximum atomic E-state index is 5.96. The first-order valence-electron chi connectivity index (χ1n) is 5.20. The van der Waals surface area contributed by atoms with Crippen molar-refractivity contribution < 1.29 is 4.74 Å². The van der Waals surface area contributed by atoms with Gasteiger partial charge in [0.15, 0.2) is 0 Å². The highest BCUT2D eigenvalue weighted by atomic mass is 35.5. The molecule has 0 radical (unpaired) electrons. The molecule has 0 bridgehead atoms. The number of nitrogens with zero attached hydrogens (tertiary/aromatic N) is 1. The van der Waals surface area contributed by atoms with E-state index in [0.29, 0.717) is 0 Å². The quantitative estimate of drug-likeness (QED) is 0.905. The van der Waals surface area contributed by atoms with Gasteiger partial charge in [-0.25, -0.2) is 0 Å². The predicted octanol–water partition coefficient (Wildman–Crippen LogP) is 3.09. The standard InChI is InChI=1S/C12H13ClN2OS/c1-16-12-3-2-10(13)4-9(12)5-14-6-11-7-15-8-17-11/h2-4,7-8,14H,5-6H2,1H3. The summed E-state index contributed by atoms with van der Waals surface area (Å²) in [6, 6.07) is 5.62. The lowest BCUT2D eigenvalue weighted by molar-refractivity contribution is 0.407. The average molecular weight is 269 g/mol. The summed E-state index contributed by atoms with van der Waals surface area (Å²) in [7, 11) is 1.66. The first-order valence-corrected chi connectivity index (χ1v) is 6.46. The summed E-state index contributed by atoms with van der Waals surface area (Å²) in [5, 5.41) is 4.06. The number of benzene rings is 1. The number of aromatic nitrogens is 1. The number of thiazole rings is 1. The van der Waals surface area contributed by atoms with Gasteiger partial charge in [-0.2, -0.15) is 0 Å². The molecule has 3 nitrogen and oxygen atoms in total. The van der Waals surface area contributed by atoms with Crippen molar-refractivity contribution in [3.05, 3.63) is 45.4 Å². The van der Waals surface area contributed by atoms with Gasteiger partial charge in [0.1, 0.15) is 5.75 Å². The number of hydrogen-bond acceptors (Lipinski definition) is 4. The SMILES string of the molecule is COc1ccc(Cl)cc1CNCc1cncs1. The molecule has 17 heavy (non-hydrogen) atoms. The molecule has 0 aliphatic rings. The summed E-state index contributed by atoms with van der Waals surface area (Å²) in [6.45, 7) is 1.53. The molecule has 0 fully saturated rings. The van der Waals surface area contributed by atoms with Gasteiger partial charge in [-0.1, -0.05) is 11.6 Å². The second kappa shape index (κ2) is 6.00. The zero-order valence-corrected chi connectivity index (χ0v) is 11.0. The molecular weight excluding hydrogens is 256 g/mol. The molecule has 1 heterocycles. The van der Waals surface area contributed by atoms with Crippen LogP contribution in [0.15, 0.2) is 29.9 Å². The minimum Gasteiger partial charge on any atom is -0.496 e. The second-order valence-corrected chi connectivity index (χ2v) is 4.93. The summed E-state index contributed by atoms with van der Waals surface area (Å²) in [4.78, 5) is 5.24. The van der Waals surface area contributed by atoms with Crippen LogP contribution in [0.4, 0.5) is 0 Å². The molecule has 0 saturated heterocycles. The van der Waals surface area contributed by atoms with Crippen LogP contribution >= 0.6 is 22.9 Å². The van der Waals surface area contributed by atoms with Crippen molar-refractivity contribution in [1.29, 1.82) is 0 Å². The van der Waals surface area contributed by atoms with Crippen molar-refractivity contribution in [2.75, 3.05) is 7.11 Å². The van der Waals surface area contributed by atoms with E-state index < -0.39 is 0 Å². The third-order valence-electron chi connectivity index (χ3n) is 2.34. The highest BCUT2D eigenvalue weighted by molar-refractivity contribution is 7.09. The zero-order chi connectivity index (χ0) is 12.1. The Hall–Kier alpha value is -1.10. The Bertz CT molecular complexity index is 473. The van der Waals surface area contributed by atoms with Crippen molar-refractivity contribution >= 4 is 22.9 Å². The molecule has 0 saturated carbocycles. The van der Waals surface area contributed by atoms with Gasteiger partial charge in [0.25, 0.3) is 0 Å². The van der Waals surface area contributed by atoms with Gasteiger partial charge in [0, 0.05) is 34.7 Å². The summed E-state index contributed by atoms with van der Waals surface area (Å²) < 4.78 is 5.28. The smallest absolute Gasteiger partial charge is 0.123 e. The molecule has 1 aromatic heterocycles. The number of rotatable bonds is 5. The summed E-state index contributed by atoms with van der Waals surface area (Å²) in [6.07, 6.45) is 1.87. The van der Waals surface area contributed by atoms with Crippen LogP contribution in [0.2, 0.25) is 5.02 Å². The van der Waals surface area contributed by atoms with Crippen LogP contribution in [0.1, 0.15) is 10.4 Å². The van der Waals surface area contributed by atoms with E-state index in [1.165, 1.54) is 4.88 Å². The molecule has 5 heteroatoms. The lowest BCUT2D eigenvalue weighted by atomic mass is 10.2. The lowest BCUT2D eigenvalue weighted by Crippen LogP contribution is -2.12. The molecule has 0 amide bonds. The molecule has 2 rings (SSSR count). The highest BCUT2D eigenvalue weighted by Crippen LogP contribution is 2.22. The molecular formula is C12H13ClN2OS. The third-order valence-corrected chi connectivity index (χ3v) is 3.36. The maximum Gasteiger partial charge on any atom is 0.123 e. The summed E-state index contributed by atoms with van der Waals surface area (Å²) in [5.74, 6) is 0.853. The molecule has 90 valence electrons. The number of ether oxygens (including phenoxy) is 1. The van der Waals surface area contributed by atoms with E-state index in [2.05, 4.69) is 10.3 Å². The number of methoxy groups -OCH3 is 1. The van der Waals surface area contributed by atoms with E-state index in [9.17, 15) is 0 Å². The van der Waals surface area contributed by atoms with E-state index in [1.807, 2.05) is 29.9 Å². The van der Waals surface area contributed by atoms with Crippen LogP contribution < -0.4 is 10.1 Å². The highest BCUT2D eigenvalue weighted by Gasteiger charge is 2.03. The van der Waals surface area contributed by atoms with E-state index in [4.69, 9.17) is 16.3 Å². The molecule has 0 unspecified atom stereocenters. The monoisotopic (exact) mass is 268 g/mol. The number of nitrogens with one attached hydrogen (secondary N) is 1.